The molecular weight excluding hydrogens is 314 g/mol. The van der Waals surface area contributed by atoms with Crippen LogP contribution in [0, 0.1) is 0 Å². The first-order chi connectivity index (χ1) is 11.1. The first kappa shape index (κ1) is 15.9. The minimum atomic E-state index is -0.258. The molecule has 0 spiro atoms. The highest BCUT2D eigenvalue weighted by Gasteiger charge is 2.28. The average molecular weight is 333 g/mol. The molecule has 23 heavy (non-hydrogen) atoms. The van der Waals surface area contributed by atoms with Crippen molar-refractivity contribution in [3.8, 4) is 11.5 Å². The number of piperazine rings is 1. The Morgan fingerprint density at radius 3 is 2.74 bits per heavy atom. The number of para-hydroxylation sites is 1. The predicted molar refractivity (Wildman–Crippen MR) is 91.7 cm³/mol. The van der Waals surface area contributed by atoms with Gasteiger partial charge in [-0.05, 0) is 31.0 Å². The third kappa shape index (κ3) is 3.35. The summed E-state index contributed by atoms with van der Waals surface area (Å²) in [6.07, 6.45) is 1.66. The number of hydrogen-bond acceptors (Lipinski definition) is 6. The Balaban J connectivity index is 1.77. The lowest BCUT2D eigenvalue weighted by Gasteiger charge is -2.32. The quantitative estimate of drug-likeness (QED) is 0.830. The Bertz CT molecular complexity index is 679. The smallest absolute Gasteiger partial charge is 0.286 e. The van der Waals surface area contributed by atoms with Gasteiger partial charge in [0.2, 0.25) is 0 Å². The summed E-state index contributed by atoms with van der Waals surface area (Å²) in [5, 5.41) is 10.9. The van der Waals surface area contributed by atoms with Crippen molar-refractivity contribution in [2.24, 2.45) is 4.99 Å². The van der Waals surface area contributed by atoms with Gasteiger partial charge in [-0.15, -0.1) is 0 Å². The highest BCUT2D eigenvalue weighted by Crippen LogP contribution is 2.35. The lowest BCUT2D eigenvalue weighted by atomic mass is 10.1. The molecule has 0 bridgehead atoms. The van der Waals surface area contributed by atoms with Crippen LogP contribution in [0.3, 0.4) is 0 Å². The van der Waals surface area contributed by atoms with Crippen LogP contribution in [0.25, 0.3) is 6.08 Å². The van der Waals surface area contributed by atoms with Crippen LogP contribution in [-0.2, 0) is 4.79 Å². The SMILES string of the molecule is COc1cccc(C=C2SC(N3CCN(C)CC3)=NC2=O)c1O. The maximum absolute atomic E-state index is 12.1. The Labute approximate surface area is 139 Å². The predicted octanol–water partition coefficient (Wildman–Crippen LogP) is 1.62. The topological polar surface area (TPSA) is 65.4 Å². The molecule has 2 aliphatic rings. The summed E-state index contributed by atoms with van der Waals surface area (Å²) < 4.78 is 5.09. The van der Waals surface area contributed by atoms with E-state index in [2.05, 4.69) is 21.8 Å². The molecule has 1 saturated heterocycles. The second kappa shape index (κ2) is 6.64. The molecule has 0 unspecified atom stereocenters. The molecule has 7 heteroatoms. The number of hydrogen-bond donors (Lipinski definition) is 1. The fraction of sp³-hybridized carbons (Fsp3) is 0.375. The number of phenolic OH excluding ortho intramolecular Hbond substituents is 1. The van der Waals surface area contributed by atoms with E-state index in [1.807, 2.05) is 0 Å². The highest BCUT2D eigenvalue weighted by atomic mass is 32.2. The third-order valence-electron chi connectivity index (χ3n) is 3.92. The number of phenols is 1. The zero-order valence-electron chi connectivity index (χ0n) is 13.2. The molecule has 1 amide bonds. The van der Waals surface area contributed by atoms with Gasteiger partial charge in [-0.1, -0.05) is 12.1 Å². The number of likely N-dealkylation sites (N-methyl/N-ethyl adjacent to an activating group) is 1. The van der Waals surface area contributed by atoms with Crippen LogP contribution in [0.5, 0.6) is 11.5 Å². The molecule has 0 aromatic heterocycles. The summed E-state index contributed by atoms with van der Waals surface area (Å²) in [4.78, 5) is 21.2. The van der Waals surface area contributed by atoms with Gasteiger partial charge in [0, 0.05) is 31.7 Å². The maximum atomic E-state index is 12.1. The van der Waals surface area contributed by atoms with Gasteiger partial charge in [-0.3, -0.25) is 4.79 Å². The van der Waals surface area contributed by atoms with E-state index in [9.17, 15) is 9.90 Å². The molecule has 0 saturated carbocycles. The molecule has 0 aliphatic carbocycles. The van der Waals surface area contributed by atoms with Gasteiger partial charge in [-0.2, -0.15) is 4.99 Å². The van der Waals surface area contributed by atoms with Gasteiger partial charge in [-0.25, -0.2) is 0 Å². The summed E-state index contributed by atoms with van der Waals surface area (Å²) in [5.41, 5.74) is 0.551. The Morgan fingerprint density at radius 2 is 2.04 bits per heavy atom. The second-order valence-corrected chi connectivity index (χ2v) is 6.51. The number of carbonyl (C=O) groups excluding carboxylic acids is 1. The fourth-order valence-corrected chi connectivity index (χ4v) is 3.45. The number of amides is 1. The summed E-state index contributed by atoms with van der Waals surface area (Å²) in [6, 6.07) is 5.19. The van der Waals surface area contributed by atoms with Crippen LogP contribution in [0.1, 0.15) is 5.56 Å². The molecule has 1 aromatic rings. The molecule has 0 atom stereocenters. The number of aromatic hydroxyl groups is 1. The van der Waals surface area contributed by atoms with E-state index in [1.165, 1.54) is 18.9 Å². The van der Waals surface area contributed by atoms with Gasteiger partial charge in [0.05, 0.1) is 12.0 Å². The van der Waals surface area contributed by atoms with Gasteiger partial charge in [0.25, 0.3) is 5.91 Å². The molecule has 3 rings (SSSR count). The standard InChI is InChI=1S/C16H19N3O3S/c1-18-6-8-19(9-7-18)16-17-15(21)13(23-16)10-11-4-3-5-12(22-2)14(11)20/h3-5,10,20H,6-9H2,1-2H3. The molecule has 1 fully saturated rings. The molecule has 0 radical (unpaired) electrons. The van der Waals surface area contributed by atoms with E-state index in [-0.39, 0.29) is 11.7 Å². The number of carbonyl (C=O) groups is 1. The molecule has 2 aliphatic heterocycles. The summed E-state index contributed by atoms with van der Waals surface area (Å²) >= 11 is 1.36. The number of ether oxygens (including phenoxy) is 1. The van der Waals surface area contributed by atoms with E-state index in [4.69, 9.17) is 4.74 Å². The van der Waals surface area contributed by atoms with E-state index in [0.717, 1.165) is 31.3 Å². The molecule has 122 valence electrons. The maximum Gasteiger partial charge on any atom is 0.286 e. The van der Waals surface area contributed by atoms with E-state index in [1.54, 1.807) is 24.3 Å². The first-order valence-corrected chi connectivity index (χ1v) is 8.22. The number of thioether (sulfide) groups is 1. The number of methoxy groups -OCH3 is 1. The monoisotopic (exact) mass is 333 g/mol. The third-order valence-corrected chi connectivity index (χ3v) is 4.96. The van der Waals surface area contributed by atoms with Crippen molar-refractivity contribution in [1.29, 1.82) is 0 Å². The molecule has 2 heterocycles. The molecular formula is C16H19N3O3S. The van der Waals surface area contributed by atoms with Gasteiger partial charge in [0.15, 0.2) is 16.7 Å². The van der Waals surface area contributed by atoms with Crippen molar-refractivity contribution in [3.63, 3.8) is 0 Å². The summed E-state index contributed by atoms with van der Waals surface area (Å²) in [6.45, 7) is 3.66. The van der Waals surface area contributed by atoms with E-state index >= 15 is 0 Å². The Hall–Kier alpha value is -1.99. The minimum Gasteiger partial charge on any atom is -0.504 e. The van der Waals surface area contributed by atoms with Crippen LogP contribution < -0.4 is 4.74 Å². The first-order valence-electron chi connectivity index (χ1n) is 7.40. The van der Waals surface area contributed by atoms with E-state index in [0.29, 0.717) is 16.2 Å². The van der Waals surface area contributed by atoms with Crippen LogP contribution >= 0.6 is 11.8 Å². The normalized spacial score (nSPS) is 21.0. The zero-order chi connectivity index (χ0) is 16.4. The van der Waals surface area contributed by atoms with Crippen LogP contribution in [0.2, 0.25) is 0 Å². The zero-order valence-corrected chi connectivity index (χ0v) is 14.0. The van der Waals surface area contributed by atoms with Crippen molar-refractivity contribution in [2.45, 2.75) is 0 Å². The summed E-state index contributed by atoms with van der Waals surface area (Å²) in [5.74, 6) is 0.158. The van der Waals surface area contributed by atoms with Gasteiger partial charge < -0.3 is 19.6 Å². The molecule has 1 aromatic carbocycles. The van der Waals surface area contributed by atoms with Gasteiger partial charge >= 0.3 is 0 Å². The number of rotatable bonds is 2. The molecule has 1 N–H and O–H groups in total. The number of amidine groups is 1. The van der Waals surface area contributed by atoms with E-state index < -0.39 is 0 Å². The van der Waals surface area contributed by atoms with Crippen molar-refractivity contribution in [3.05, 3.63) is 28.7 Å². The minimum absolute atomic E-state index is 0.0314. The van der Waals surface area contributed by atoms with Crippen molar-refractivity contribution < 1.29 is 14.6 Å². The van der Waals surface area contributed by atoms with Crippen LogP contribution in [-0.4, -0.2) is 66.3 Å². The Morgan fingerprint density at radius 1 is 1.30 bits per heavy atom. The van der Waals surface area contributed by atoms with Crippen molar-refractivity contribution >= 4 is 28.9 Å². The average Bonchev–Trinajstić information content (AvgIpc) is 2.91. The van der Waals surface area contributed by atoms with Crippen LogP contribution in [0.15, 0.2) is 28.1 Å². The van der Waals surface area contributed by atoms with Gasteiger partial charge in [0.1, 0.15) is 0 Å². The van der Waals surface area contributed by atoms with Crippen molar-refractivity contribution in [1.82, 2.24) is 9.80 Å². The number of nitrogens with zero attached hydrogens (tertiary/aromatic N) is 3. The van der Waals surface area contributed by atoms with Crippen molar-refractivity contribution in [2.75, 3.05) is 40.3 Å². The summed E-state index contributed by atoms with van der Waals surface area (Å²) in [7, 11) is 3.58. The lowest BCUT2D eigenvalue weighted by molar-refractivity contribution is -0.113. The fourth-order valence-electron chi connectivity index (χ4n) is 2.49. The Kier molecular flexibility index (Phi) is 4.58. The second-order valence-electron chi connectivity index (χ2n) is 5.50. The van der Waals surface area contributed by atoms with Crippen LogP contribution in [0.4, 0.5) is 0 Å². The lowest BCUT2D eigenvalue weighted by Crippen LogP contribution is -2.46. The largest absolute Gasteiger partial charge is 0.504 e. The number of aliphatic imine (C=N–C) groups is 1. The number of benzene rings is 1. The highest BCUT2D eigenvalue weighted by molar-refractivity contribution is 8.18. The molecule has 6 nitrogen and oxygen atoms in total.